The molecule has 1 unspecified atom stereocenters. The molecule has 0 fully saturated rings. The zero-order valence-corrected chi connectivity index (χ0v) is 13.2. The second-order valence-electron chi connectivity index (χ2n) is 5.35. The number of amides is 2. The van der Waals surface area contributed by atoms with Crippen molar-refractivity contribution in [2.45, 2.75) is 19.4 Å². The van der Waals surface area contributed by atoms with Crippen molar-refractivity contribution in [3.8, 4) is 5.75 Å². The number of rotatable bonds is 3. The van der Waals surface area contributed by atoms with Crippen molar-refractivity contribution in [1.82, 2.24) is 0 Å². The van der Waals surface area contributed by atoms with E-state index in [1.165, 1.54) is 0 Å². The molecule has 1 atom stereocenters. The van der Waals surface area contributed by atoms with Gasteiger partial charge in [-0.1, -0.05) is 17.7 Å². The molecular weight excluding hydrogens is 316 g/mol. The summed E-state index contributed by atoms with van der Waals surface area (Å²) in [5.74, 6) is -0.0584. The van der Waals surface area contributed by atoms with Crippen LogP contribution in [-0.4, -0.2) is 17.9 Å². The third-order valence-electron chi connectivity index (χ3n) is 3.45. The highest BCUT2D eigenvalue weighted by Gasteiger charge is 2.29. The third-order valence-corrected chi connectivity index (χ3v) is 3.71. The molecule has 0 saturated heterocycles. The standard InChI is InChI=1S/C17H15ClN2O3/c1-10-2-7-14-13(8-10)20-17(22)15(23-14)9-16(21)19-12-5-3-11(18)4-6-12/h2-8,15H,9H2,1H3,(H,19,21)(H,20,22). The highest BCUT2D eigenvalue weighted by atomic mass is 35.5. The maximum Gasteiger partial charge on any atom is 0.266 e. The molecule has 118 valence electrons. The first-order valence-electron chi connectivity index (χ1n) is 7.15. The Morgan fingerprint density at radius 2 is 2.00 bits per heavy atom. The lowest BCUT2D eigenvalue weighted by molar-refractivity contribution is -0.128. The Bertz CT molecular complexity index is 759. The van der Waals surface area contributed by atoms with Gasteiger partial charge in [-0.25, -0.2) is 0 Å². The van der Waals surface area contributed by atoms with Crippen molar-refractivity contribution in [1.29, 1.82) is 0 Å². The van der Waals surface area contributed by atoms with E-state index in [9.17, 15) is 9.59 Å². The van der Waals surface area contributed by atoms with Gasteiger partial charge in [0.25, 0.3) is 5.91 Å². The van der Waals surface area contributed by atoms with E-state index in [0.717, 1.165) is 5.56 Å². The van der Waals surface area contributed by atoms with Gasteiger partial charge in [-0.05, 0) is 48.9 Å². The zero-order chi connectivity index (χ0) is 16.4. The van der Waals surface area contributed by atoms with Gasteiger partial charge in [0.1, 0.15) is 5.75 Å². The van der Waals surface area contributed by atoms with Crippen LogP contribution < -0.4 is 15.4 Å². The summed E-state index contributed by atoms with van der Waals surface area (Å²) < 4.78 is 5.63. The molecule has 2 N–H and O–H groups in total. The number of benzene rings is 2. The van der Waals surface area contributed by atoms with Crippen LogP contribution in [0.15, 0.2) is 42.5 Å². The van der Waals surface area contributed by atoms with Crippen LogP contribution in [0.2, 0.25) is 5.02 Å². The molecule has 0 spiro atoms. The topological polar surface area (TPSA) is 67.4 Å². The van der Waals surface area contributed by atoms with Gasteiger partial charge in [0.15, 0.2) is 6.10 Å². The summed E-state index contributed by atoms with van der Waals surface area (Å²) in [5, 5.41) is 6.07. The predicted molar refractivity (Wildman–Crippen MR) is 88.9 cm³/mol. The van der Waals surface area contributed by atoms with Crippen molar-refractivity contribution >= 4 is 34.8 Å². The molecule has 6 heteroatoms. The summed E-state index contributed by atoms with van der Waals surface area (Å²) >= 11 is 5.80. The SMILES string of the molecule is Cc1ccc2c(c1)NC(=O)C(CC(=O)Nc1ccc(Cl)cc1)O2. The van der Waals surface area contributed by atoms with E-state index in [-0.39, 0.29) is 18.2 Å². The molecule has 5 nitrogen and oxygen atoms in total. The maximum atomic E-state index is 12.1. The van der Waals surface area contributed by atoms with E-state index in [2.05, 4.69) is 10.6 Å². The van der Waals surface area contributed by atoms with Crippen LogP contribution >= 0.6 is 11.6 Å². The minimum Gasteiger partial charge on any atom is -0.478 e. The maximum absolute atomic E-state index is 12.1. The van der Waals surface area contributed by atoms with Gasteiger partial charge < -0.3 is 15.4 Å². The van der Waals surface area contributed by atoms with E-state index in [4.69, 9.17) is 16.3 Å². The number of anilines is 2. The van der Waals surface area contributed by atoms with Gasteiger partial charge in [-0.3, -0.25) is 9.59 Å². The second kappa shape index (κ2) is 6.30. The molecular formula is C17H15ClN2O3. The molecule has 3 rings (SSSR count). The van der Waals surface area contributed by atoms with Crippen LogP contribution in [0.5, 0.6) is 5.75 Å². The fourth-order valence-corrected chi connectivity index (χ4v) is 2.44. The molecule has 23 heavy (non-hydrogen) atoms. The largest absolute Gasteiger partial charge is 0.478 e. The number of hydrogen-bond donors (Lipinski definition) is 2. The lowest BCUT2D eigenvalue weighted by Crippen LogP contribution is -2.39. The van der Waals surface area contributed by atoms with Crippen molar-refractivity contribution in [3.63, 3.8) is 0 Å². The molecule has 0 saturated carbocycles. The van der Waals surface area contributed by atoms with Crippen molar-refractivity contribution in [3.05, 3.63) is 53.1 Å². The van der Waals surface area contributed by atoms with Crippen molar-refractivity contribution < 1.29 is 14.3 Å². The summed E-state index contributed by atoms with van der Waals surface area (Å²) in [6, 6.07) is 12.3. The monoisotopic (exact) mass is 330 g/mol. The molecule has 0 aromatic heterocycles. The molecule has 2 aromatic rings. The fraction of sp³-hybridized carbons (Fsp3) is 0.176. The average molecular weight is 331 g/mol. The first-order valence-corrected chi connectivity index (χ1v) is 7.52. The summed E-state index contributed by atoms with van der Waals surface area (Å²) in [5.41, 5.74) is 2.27. The molecule has 2 aromatic carbocycles. The van der Waals surface area contributed by atoms with Crippen LogP contribution in [0.3, 0.4) is 0 Å². The number of hydrogen-bond acceptors (Lipinski definition) is 3. The zero-order valence-electron chi connectivity index (χ0n) is 12.4. The Morgan fingerprint density at radius 1 is 1.26 bits per heavy atom. The number of halogens is 1. The van der Waals surface area contributed by atoms with Gasteiger partial charge in [-0.2, -0.15) is 0 Å². The van der Waals surface area contributed by atoms with E-state index in [0.29, 0.717) is 22.1 Å². The highest BCUT2D eigenvalue weighted by Crippen LogP contribution is 2.31. The van der Waals surface area contributed by atoms with Crippen LogP contribution in [-0.2, 0) is 9.59 Å². The quantitative estimate of drug-likeness (QED) is 0.906. The number of nitrogens with one attached hydrogen (secondary N) is 2. The number of aryl methyl sites for hydroxylation is 1. The van der Waals surface area contributed by atoms with Crippen LogP contribution in [0, 0.1) is 6.92 Å². The van der Waals surface area contributed by atoms with E-state index >= 15 is 0 Å². The Hall–Kier alpha value is -2.53. The lowest BCUT2D eigenvalue weighted by atomic mass is 10.1. The molecule has 1 heterocycles. The highest BCUT2D eigenvalue weighted by molar-refractivity contribution is 6.30. The Morgan fingerprint density at radius 3 is 2.74 bits per heavy atom. The van der Waals surface area contributed by atoms with Crippen LogP contribution in [0.1, 0.15) is 12.0 Å². The van der Waals surface area contributed by atoms with E-state index in [1.54, 1.807) is 30.3 Å². The summed E-state index contributed by atoms with van der Waals surface area (Å²) in [6.07, 6.45) is -0.917. The normalized spacial score (nSPS) is 16.1. The molecule has 0 bridgehead atoms. The number of carbonyl (C=O) groups excluding carboxylic acids is 2. The van der Waals surface area contributed by atoms with Gasteiger partial charge in [-0.15, -0.1) is 0 Å². The number of ether oxygens (including phenoxy) is 1. The molecule has 1 aliphatic rings. The summed E-state index contributed by atoms with van der Waals surface area (Å²) in [4.78, 5) is 24.1. The van der Waals surface area contributed by atoms with Crippen molar-refractivity contribution in [2.75, 3.05) is 10.6 Å². The van der Waals surface area contributed by atoms with Gasteiger partial charge in [0.05, 0.1) is 12.1 Å². The minimum absolute atomic E-state index is 0.0677. The average Bonchev–Trinajstić information content (AvgIpc) is 2.50. The third kappa shape index (κ3) is 3.63. The summed E-state index contributed by atoms with van der Waals surface area (Å²) in [7, 11) is 0. The van der Waals surface area contributed by atoms with E-state index < -0.39 is 6.10 Å². The second-order valence-corrected chi connectivity index (χ2v) is 5.79. The minimum atomic E-state index is -0.850. The van der Waals surface area contributed by atoms with Crippen LogP contribution in [0.25, 0.3) is 0 Å². The lowest BCUT2D eigenvalue weighted by Gasteiger charge is -2.25. The van der Waals surface area contributed by atoms with Gasteiger partial charge >= 0.3 is 0 Å². The molecule has 0 aliphatic carbocycles. The summed E-state index contributed by atoms with van der Waals surface area (Å²) in [6.45, 7) is 1.93. The van der Waals surface area contributed by atoms with Crippen molar-refractivity contribution in [2.24, 2.45) is 0 Å². The Balaban J connectivity index is 1.66. The number of carbonyl (C=O) groups is 2. The molecule has 0 radical (unpaired) electrons. The first kappa shape index (κ1) is 15.4. The molecule has 1 aliphatic heterocycles. The van der Waals surface area contributed by atoms with E-state index in [1.807, 2.05) is 19.1 Å². The first-order chi connectivity index (χ1) is 11.0. The van der Waals surface area contributed by atoms with Gasteiger partial charge in [0, 0.05) is 10.7 Å². The smallest absolute Gasteiger partial charge is 0.266 e. The Labute approximate surface area is 138 Å². The molecule has 2 amide bonds. The van der Waals surface area contributed by atoms with Gasteiger partial charge in [0.2, 0.25) is 5.91 Å². The number of fused-ring (bicyclic) bond motifs is 1. The predicted octanol–water partition coefficient (Wildman–Crippen LogP) is 3.38. The Kier molecular flexibility index (Phi) is 4.21. The fourth-order valence-electron chi connectivity index (χ4n) is 2.31. The van der Waals surface area contributed by atoms with Crippen LogP contribution in [0.4, 0.5) is 11.4 Å².